The number of fused-ring (bicyclic) bond motifs is 1. The summed E-state index contributed by atoms with van der Waals surface area (Å²) in [4.78, 5) is 0. The van der Waals surface area contributed by atoms with E-state index in [-0.39, 0.29) is 52.6 Å². The van der Waals surface area contributed by atoms with E-state index < -0.39 is 0 Å². The van der Waals surface area contributed by atoms with Crippen molar-refractivity contribution >= 4 is 41.2 Å². The van der Waals surface area contributed by atoms with Gasteiger partial charge in [-0.2, -0.15) is 0 Å². The summed E-state index contributed by atoms with van der Waals surface area (Å²) in [6, 6.07) is 16.3. The summed E-state index contributed by atoms with van der Waals surface area (Å²) >= 11 is 0. The van der Waals surface area contributed by atoms with Crippen molar-refractivity contribution in [1.82, 2.24) is 0 Å². The first-order valence-corrected chi connectivity index (χ1v) is 7.44. The Morgan fingerprint density at radius 2 is 1.58 bits per heavy atom. The third kappa shape index (κ3) is 7.13. The van der Waals surface area contributed by atoms with E-state index in [0.29, 0.717) is 0 Å². The summed E-state index contributed by atoms with van der Waals surface area (Å²) < 4.78 is 0. The van der Waals surface area contributed by atoms with E-state index in [4.69, 9.17) is 5.11 Å². The smallest absolute Gasteiger partial charge is 0.0483 e. The summed E-state index contributed by atoms with van der Waals surface area (Å²) in [5, 5.41) is 10.5. The van der Waals surface area contributed by atoms with Crippen LogP contribution in [0, 0.1) is 6.07 Å². The molecule has 2 aromatic rings. The van der Waals surface area contributed by atoms with Crippen LogP contribution in [0.5, 0.6) is 0 Å². The molecule has 2 aromatic carbocycles. The third-order valence-electron chi connectivity index (χ3n) is 3.38. The predicted molar refractivity (Wildman–Crippen MR) is 106 cm³/mol. The number of hydrogen-bond donors (Lipinski definition) is 1. The van der Waals surface area contributed by atoms with Gasteiger partial charge in [0.05, 0.1) is 0 Å². The number of aliphatic hydroxyl groups excluding tert-OH is 1. The number of benzene rings is 2. The Morgan fingerprint density at radius 3 is 2.12 bits per heavy atom. The Kier molecular flexibility index (Phi) is 12.7. The molecule has 0 spiro atoms. The molecule has 0 unspecified atom stereocenters. The van der Waals surface area contributed by atoms with Crippen LogP contribution < -0.4 is 0 Å². The van der Waals surface area contributed by atoms with Crippen LogP contribution in [0.15, 0.2) is 53.6 Å². The molecule has 24 heavy (non-hydrogen) atoms. The van der Waals surface area contributed by atoms with E-state index in [1.807, 2.05) is 0 Å². The van der Waals surface area contributed by atoms with Gasteiger partial charge in [-0.3, -0.25) is 0 Å². The quantitative estimate of drug-likeness (QED) is 0.461. The fourth-order valence-electron chi connectivity index (χ4n) is 2.53. The van der Waals surface area contributed by atoms with Crippen LogP contribution >= 0.6 is 24.8 Å². The van der Waals surface area contributed by atoms with Gasteiger partial charge in [0.2, 0.25) is 0 Å². The molecule has 0 amide bonds. The van der Waals surface area contributed by atoms with Gasteiger partial charge in [-0.15, -0.1) is 60.0 Å². The number of halogens is 2. The van der Waals surface area contributed by atoms with Gasteiger partial charge in [-0.25, -0.2) is 0 Å². The normalized spacial score (nSPS) is 12.5. The monoisotopic (exact) mass is 399 g/mol. The molecule has 1 aliphatic carbocycles. The molecule has 0 heterocycles. The average Bonchev–Trinajstić information content (AvgIpc) is 2.76. The van der Waals surface area contributed by atoms with E-state index >= 15 is 0 Å². The molecule has 0 atom stereocenters. The molecular formula is C20H25Cl2OTi-. The molecule has 0 aromatic heterocycles. The molecule has 1 nitrogen and oxygen atoms in total. The predicted octanol–water partition coefficient (Wildman–Crippen LogP) is 5.99. The Bertz CT molecular complexity index is 703. The summed E-state index contributed by atoms with van der Waals surface area (Å²) in [5.41, 5.74) is 5.50. The van der Waals surface area contributed by atoms with E-state index in [9.17, 15) is 0 Å². The number of rotatable bonds is 1. The van der Waals surface area contributed by atoms with Gasteiger partial charge in [0.25, 0.3) is 0 Å². The molecule has 1 aliphatic rings. The zero-order valence-electron chi connectivity index (χ0n) is 14.6. The number of aliphatic hydroxyl groups is 1. The maximum Gasteiger partial charge on any atom is 0.0483 e. The topological polar surface area (TPSA) is 20.2 Å². The second kappa shape index (κ2) is 11.9. The van der Waals surface area contributed by atoms with Gasteiger partial charge < -0.3 is 5.11 Å². The molecule has 0 saturated heterocycles. The maximum absolute atomic E-state index is 8.06. The van der Waals surface area contributed by atoms with Gasteiger partial charge in [-0.05, 0) is 34.1 Å². The van der Waals surface area contributed by atoms with Crippen molar-refractivity contribution in [2.45, 2.75) is 40.2 Å². The van der Waals surface area contributed by atoms with Crippen LogP contribution in [0.2, 0.25) is 0 Å². The van der Waals surface area contributed by atoms with Crippen molar-refractivity contribution in [3.63, 3.8) is 0 Å². The molecule has 4 heteroatoms. The fraction of sp³-hybridized carbons (Fsp3) is 0.300. The Morgan fingerprint density at radius 1 is 1.00 bits per heavy atom. The fourth-order valence-corrected chi connectivity index (χ4v) is 2.53. The van der Waals surface area contributed by atoms with Crippen molar-refractivity contribution in [1.29, 1.82) is 0 Å². The third-order valence-corrected chi connectivity index (χ3v) is 3.38. The Hall–Kier alpha value is -0.566. The maximum atomic E-state index is 8.06. The summed E-state index contributed by atoms with van der Waals surface area (Å²) in [6.07, 6.45) is 3.18. The average molecular weight is 400 g/mol. The number of hydrogen-bond acceptors (Lipinski definition) is 1. The van der Waals surface area contributed by atoms with E-state index in [1.54, 1.807) is 13.8 Å². The van der Waals surface area contributed by atoms with Crippen molar-refractivity contribution < 1.29 is 26.8 Å². The van der Waals surface area contributed by atoms with Crippen LogP contribution in [-0.4, -0.2) is 11.2 Å². The molecule has 0 radical (unpaired) electrons. The van der Waals surface area contributed by atoms with Crippen LogP contribution in [0.25, 0.3) is 16.3 Å². The van der Waals surface area contributed by atoms with Gasteiger partial charge in [0.15, 0.2) is 0 Å². The molecule has 0 fully saturated rings. The standard InChI is InChI=1S/C17H15.C3H8O.2ClH.Ti/c1-12-9-13(2)17(10-12)16-8-7-14-5-3-4-6-15(14)11-16;1-3(2)4;;;/h3-9H,10H2,1-2H3;3-4H,1-2H3;2*1H;/q-1;;;;. The van der Waals surface area contributed by atoms with Crippen LogP contribution in [0.3, 0.4) is 0 Å². The minimum absolute atomic E-state index is 0. The second-order valence-electron chi connectivity index (χ2n) is 5.88. The van der Waals surface area contributed by atoms with Gasteiger partial charge in [0, 0.05) is 27.8 Å². The molecule has 0 bridgehead atoms. The summed E-state index contributed by atoms with van der Waals surface area (Å²) in [6.45, 7) is 7.83. The largest absolute Gasteiger partial charge is 0.394 e. The minimum Gasteiger partial charge on any atom is -0.394 e. The van der Waals surface area contributed by atoms with Crippen LogP contribution in [-0.2, 0) is 21.7 Å². The minimum atomic E-state index is -0.167. The van der Waals surface area contributed by atoms with Crippen LogP contribution in [0.4, 0.5) is 0 Å². The Balaban J connectivity index is 0. The van der Waals surface area contributed by atoms with Crippen molar-refractivity contribution in [2.24, 2.45) is 0 Å². The molecule has 0 aliphatic heterocycles. The second-order valence-corrected chi connectivity index (χ2v) is 5.88. The van der Waals surface area contributed by atoms with Gasteiger partial charge in [0.1, 0.15) is 0 Å². The molecule has 0 saturated carbocycles. The van der Waals surface area contributed by atoms with Gasteiger partial charge >= 0.3 is 0 Å². The summed E-state index contributed by atoms with van der Waals surface area (Å²) in [7, 11) is 0. The van der Waals surface area contributed by atoms with Crippen molar-refractivity contribution in [2.75, 3.05) is 0 Å². The first-order valence-electron chi connectivity index (χ1n) is 7.44. The van der Waals surface area contributed by atoms with Crippen LogP contribution in [0.1, 0.15) is 39.7 Å². The van der Waals surface area contributed by atoms with E-state index in [1.165, 1.54) is 33.1 Å². The molecular weight excluding hydrogens is 375 g/mol. The zero-order chi connectivity index (χ0) is 15.4. The zero-order valence-corrected chi connectivity index (χ0v) is 17.8. The first kappa shape index (κ1) is 25.7. The number of allylic oxidation sites excluding steroid dienone is 4. The Labute approximate surface area is 172 Å². The molecule has 3 rings (SSSR count). The van der Waals surface area contributed by atoms with Gasteiger partial charge in [-0.1, -0.05) is 46.4 Å². The first-order chi connectivity index (χ1) is 9.97. The van der Waals surface area contributed by atoms with Crippen molar-refractivity contribution in [3.8, 4) is 0 Å². The molecule has 1 N–H and O–H groups in total. The molecule has 130 valence electrons. The van der Waals surface area contributed by atoms with Crippen molar-refractivity contribution in [3.05, 3.63) is 65.3 Å². The van der Waals surface area contributed by atoms with E-state index in [2.05, 4.69) is 62.4 Å². The summed E-state index contributed by atoms with van der Waals surface area (Å²) in [5.74, 6) is 0. The van der Waals surface area contributed by atoms with E-state index in [0.717, 1.165) is 6.42 Å². The SMILES string of the molecule is CC(C)O.CC1=CC(C)=C(c2[c-]c3ccccc3cc2)C1.Cl.Cl.[Ti].